The molecule has 0 saturated heterocycles. The molecule has 0 saturated carbocycles. The monoisotopic (exact) mass is 280 g/mol. The molecular formula is C15H11F3O2. The lowest BCUT2D eigenvalue weighted by molar-refractivity contribution is -0.137. The normalized spacial score (nSPS) is 11.4. The van der Waals surface area contributed by atoms with Gasteiger partial charge in [0.1, 0.15) is 5.75 Å². The largest absolute Gasteiger partial charge is 0.507 e. The number of rotatable bonds is 2. The van der Waals surface area contributed by atoms with Gasteiger partial charge in [0.2, 0.25) is 0 Å². The number of carbonyl (C=O) groups is 1. The van der Waals surface area contributed by atoms with Crippen LogP contribution in [0.1, 0.15) is 22.8 Å². The average molecular weight is 280 g/mol. The molecule has 0 aliphatic rings. The Morgan fingerprint density at radius 2 is 1.70 bits per heavy atom. The number of phenolic OH excluding ortho intramolecular Hbond substituents is 1. The first-order valence-electron chi connectivity index (χ1n) is 5.81. The number of ketones is 1. The lowest BCUT2D eigenvalue weighted by Gasteiger charge is -2.14. The molecule has 2 aromatic rings. The Labute approximate surface area is 113 Å². The Morgan fingerprint density at radius 1 is 1.05 bits per heavy atom. The van der Waals surface area contributed by atoms with Gasteiger partial charge in [0.15, 0.2) is 5.78 Å². The van der Waals surface area contributed by atoms with Gasteiger partial charge in [-0.2, -0.15) is 13.2 Å². The summed E-state index contributed by atoms with van der Waals surface area (Å²) >= 11 is 0. The van der Waals surface area contributed by atoms with Crippen LogP contribution in [0.4, 0.5) is 13.2 Å². The predicted molar refractivity (Wildman–Crippen MR) is 68.5 cm³/mol. The zero-order valence-electron chi connectivity index (χ0n) is 10.5. The fourth-order valence-corrected chi connectivity index (χ4v) is 1.94. The van der Waals surface area contributed by atoms with E-state index in [1.807, 2.05) is 0 Å². The van der Waals surface area contributed by atoms with Gasteiger partial charge < -0.3 is 5.11 Å². The van der Waals surface area contributed by atoms with Crippen LogP contribution in [0.2, 0.25) is 0 Å². The molecule has 104 valence electrons. The van der Waals surface area contributed by atoms with E-state index < -0.39 is 11.7 Å². The van der Waals surface area contributed by atoms with Crippen molar-refractivity contribution in [1.82, 2.24) is 0 Å². The molecular weight excluding hydrogens is 269 g/mol. The lowest BCUT2D eigenvalue weighted by atomic mass is 9.97. The molecule has 1 N–H and O–H groups in total. The number of aromatic hydroxyl groups is 1. The van der Waals surface area contributed by atoms with Crippen LogP contribution < -0.4 is 0 Å². The second-order valence-electron chi connectivity index (χ2n) is 4.33. The van der Waals surface area contributed by atoms with Gasteiger partial charge in [-0.15, -0.1) is 0 Å². The summed E-state index contributed by atoms with van der Waals surface area (Å²) in [6, 6.07) is 8.86. The summed E-state index contributed by atoms with van der Waals surface area (Å²) in [4.78, 5) is 11.2. The molecule has 20 heavy (non-hydrogen) atoms. The van der Waals surface area contributed by atoms with Gasteiger partial charge in [-0.25, -0.2) is 0 Å². The van der Waals surface area contributed by atoms with Crippen LogP contribution in [-0.4, -0.2) is 10.9 Å². The number of halogens is 3. The van der Waals surface area contributed by atoms with Gasteiger partial charge in [0.05, 0.1) is 5.56 Å². The van der Waals surface area contributed by atoms with E-state index >= 15 is 0 Å². The third-order valence-corrected chi connectivity index (χ3v) is 2.93. The number of hydrogen-bond acceptors (Lipinski definition) is 2. The van der Waals surface area contributed by atoms with Gasteiger partial charge >= 0.3 is 6.18 Å². The number of alkyl halides is 3. The molecule has 2 nitrogen and oxygen atoms in total. The van der Waals surface area contributed by atoms with Gasteiger partial charge in [0.25, 0.3) is 0 Å². The second kappa shape index (κ2) is 5.00. The molecule has 0 bridgehead atoms. The zero-order valence-corrected chi connectivity index (χ0v) is 10.5. The van der Waals surface area contributed by atoms with Gasteiger partial charge in [-0.1, -0.05) is 24.3 Å². The molecule has 0 unspecified atom stereocenters. The SMILES string of the molecule is CC(=O)c1ccc(-c2ccccc2C(F)(F)F)c(O)c1. The molecule has 0 fully saturated rings. The van der Waals surface area contributed by atoms with Crippen LogP contribution in [-0.2, 0) is 6.18 Å². The maximum Gasteiger partial charge on any atom is 0.417 e. The smallest absolute Gasteiger partial charge is 0.417 e. The molecule has 2 rings (SSSR count). The third-order valence-electron chi connectivity index (χ3n) is 2.93. The van der Waals surface area contributed by atoms with E-state index in [1.54, 1.807) is 0 Å². The van der Waals surface area contributed by atoms with Crippen molar-refractivity contribution in [2.45, 2.75) is 13.1 Å². The summed E-state index contributed by atoms with van der Waals surface area (Å²) in [5.74, 6) is -0.620. The van der Waals surface area contributed by atoms with E-state index in [-0.39, 0.29) is 28.2 Å². The van der Waals surface area contributed by atoms with Crippen molar-refractivity contribution in [3.8, 4) is 16.9 Å². The quantitative estimate of drug-likeness (QED) is 0.834. The first-order chi connectivity index (χ1) is 9.30. The van der Waals surface area contributed by atoms with Crippen LogP contribution in [0, 0.1) is 0 Å². The minimum absolute atomic E-state index is 0.0444. The molecule has 0 amide bonds. The fourth-order valence-electron chi connectivity index (χ4n) is 1.94. The van der Waals surface area contributed by atoms with E-state index in [0.717, 1.165) is 6.07 Å². The highest BCUT2D eigenvalue weighted by Gasteiger charge is 2.33. The second-order valence-corrected chi connectivity index (χ2v) is 4.33. The molecule has 0 aliphatic heterocycles. The van der Waals surface area contributed by atoms with Gasteiger partial charge in [-0.05, 0) is 30.7 Å². The van der Waals surface area contributed by atoms with Crippen LogP contribution in [0.25, 0.3) is 11.1 Å². The highest BCUT2D eigenvalue weighted by Crippen LogP contribution is 2.40. The van der Waals surface area contributed by atoms with Crippen LogP contribution in [0.15, 0.2) is 42.5 Å². The average Bonchev–Trinajstić information content (AvgIpc) is 2.37. The Balaban J connectivity index is 2.61. The third kappa shape index (κ3) is 2.66. The van der Waals surface area contributed by atoms with E-state index in [9.17, 15) is 23.1 Å². The molecule has 0 radical (unpaired) electrons. The lowest BCUT2D eigenvalue weighted by Crippen LogP contribution is -2.07. The minimum atomic E-state index is -4.51. The highest BCUT2D eigenvalue weighted by atomic mass is 19.4. The van der Waals surface area contributed by atoms with E-state index in [0.29, 0.717) is 0 Å². The van der Waals surface area contributed by atoms with Crippen molar-refractivity contribution in [2.24, 2.45) is 0 Å². The fraction of sp³-hybridized carbons (Fsp3) is 0.133. The number of phenols is 1. The van der Waals surface area contributed by atoms with Crippen molar-refractivity contribution in [1.29, 1.82) is 0 Å². The Morgan fingerprint density at radius 3 is 2.25 bits per heavy atom. The number of hydrogen-bond donors (Lipinski definition) is 1. The number of carbonyl (C=O) groups excluding carboxylic acids is 1. The van der Waals surface area contributed by atoms with Crippen molar-refractivity contribution in [3.63, 3.8) is 0 Å². The van der Waals surface area contributed by atoms with Gasteiger partial charge in [-0.3, -0.25) is 4.79 Å². The summed E-state index contributed by atoms with van der Waals surface area (Å²) in [5, 5.41) is 9.86. The van der Waals surface area contributed by atoms with Crippen molar-refractivity contribution in [3.05, 3.63) is 53.6 Å². The van der Waals surface area contributed by atoms with E-state index in [2.05, 4.69) is 0 Å². The standard InChI is InChI=1S/C15H11F3O2/c1-9(19)10-6-7-12(14(20)8-10)11-4-2-3-5-13(11)15(16,17)18/h2-8,20H,1H3. The van der Waals surface area contributed by atoms with Gasteiger partial charge in [0, 0.05) is 11.1 Å². The predicted octanol–water partition coefficient (Wildman–Crippen LogP) is 4.28. The number of Topliss-reactive ketones (excluding diaryl/α,β-unsaturated/α-hetero) is 1. The molecule has 0 atom stereocenters. The Hall–Kier alpha value is -2.30. The summed E-state index contributed by atoms with van der Waals surface area (Å²) in [6.07, 6.45) is -4.51. The van der Waals surface area contributed by atoms with Crippen molar-refractivity contribution >= 4 is 5.78 Å². The van der Waals surface area contributed by atoms with Crippen molar-refractivity contribution < 1.29 is 23.1 Å². The summed E-state index contributed by atoms with van der Waals surface area (Å²) in [5.41, 5.74) is -0.655. The maximum atomic E-state index is 12.9. The zero-order chi connectivity index (χ0) is 14.9. The highest BCUT2D eigenvalue weighted by molar-refractivity contribution is 5.95. The van der Waals surface area contributed by atoms with Crippen LogP contribution in [0.3, 0.4) is 0 Å². The van der Waals surface area contributed by atoms with E-state index in [1.165, 1.54) is 43.3 Å². The van der Waals surface area contributed by atoms with Crippen molar-refractivity contribution in [2.75, 3.05) is 0 Å². The topological polar surface area (TPSA) is 37.3 Å². The minimum Gasteiger partial charge on any atom is -0.507 e. The Bertz CT molecular complexity index is 660. The van der Waals surface area contributed by atoms with Crippen LogP contribution >= 0.6 is 0 Å². The molecule has 2 aromatic carbocycles. The number of benzene rings is 2. The van der Waals surface area contributed by atoms with Crippen LogP contribution in [0.5, 0.6) is 5.75 Å². The molecule has 0 heterocycles. The first-order valence-corrected chi connectivity index (χ1v) is 5.81. The summed E-state index contributed by atoms with van der Waals surface area (Å²) in [6.45, 7) is 1.32. The molecule has 0 aliphatic carbocycles. The summed E-state index contributed by atoms with van der Waals surface area (Å²) in [7, 11) is 0. The Kier molecular flexibility index (Phi) is 3.53. The maximum absolute atomic E-state index is 12.9. The van der Waals surface area contributed by atoms with E-state index in [4.69, 9.17) is 0 Å². The molecule has 5 heteroatoms. The summed E-state index contributed by atoms with van der Waals surface area (Å²) < 4.78 is 38.8. The molecule has 0 spiro atoms. The molecule has 0 aromatic heterocycles. The first kappa shape index (κ1) is 14.1.